The Morgan fingerprint density at radius 2 is 1.93 bits per heavy atom. The van der Waals surface area contributed by atoms with Crippen molar-refractivity contribution in [3.05, 3.63) is 73.4 Å². The van der Waals surface area contributed by atoms with Crippen LogP contribution in [0.2, 0.25) is 5.15 Å². The average molecular weight is 438 g/mol. The quantitative estimate of drug-likeness (QED) is 0.437. The van der Waals surface area contributed by atoms with Gasteiger partial charge in [-0.1, -0.05) is 29.8 Å². The van der Waals surface area contributed by atoms with Crippen molar-refractivity contribution in [3.63, 3.8) is 0 Å². The molecular weight excluding hydrogens is 418 g/mol. The van der Waals surface area contributed by atoms with Crippen LogP contribution in [-0.4, -0.2) is 25.7 Å². The third-order valence-electron chi connectivity index (χ3n) is 5.48. The predicted octanol–water partition coefficient (Wildman–Crippen LogP) is 4.67. The fourth-order valence-corrected chi connectivity index (χ4v) is 5.57. The lowest BCUT2D eigenvalue weighted by atomic mass is 9.97. The van der Waals surface area contributed by atoms with Gasteiger partial charge in [0, 0.05) is 4.88 Å². The number of halogens is 1. The maximum absolute atomic E-state index is 13.3. The van der Waals surface area contributed by atoms with Crippen LogP contribution in [0.25, 0.3) is 15.9 Å². The minimum atomic E-state index is -0.114. The van der Waals surface area contributed by atoms with E-state index in [9.17, 15) is 4.79 Å². The smallest absolute Gasteiger partial charge is 0.267 e. The lowest BCUT2D eigenvalue weighted by molar-refractivity contribution is 0.698. The molecule has 0 aliphatic heterocycles. The molecule has 1 aliphatic carbocycles. The second kappa shape index (κ2) is 7.49. The topological polar surface area (TPSA) is 65.1 Å². The zero-order chi connectivity index (χ0) is 20.8. The molecule has 1 aliphatic rings. The molecule has 0 saturated heterocycles. The molecule has 0 fully saturated rings. The summed E-state index contributed by atoms with van der Waals surface area (Å²) in [6.07, 6.45) is 5.86. The number of para-hydroxylation sites is 1. The molecule has 4 aromatic rings. The first-order valence-corrected chi connectivity index (χ1v) is 11.1. The lowest BCUT2D eigenvalue weighted by Crippen LogP contribution is -2.21. The number of rotatable bonds is 3. The Balaban J connectivity index is 1.60. The third-order valence-corrected chi connectivity index (χ3v) is 7.03. The van der Waals surface area contributed by atoms with E-state index in [-0.39, 0.29) is 5.56 Å². The Bertz CT molecular complexity index is 1350. The predicted molar refractivity (Wildman–Crippen MR) is 122 cm³/mol. The maximum atomic E-state index is 13.3. The van der Waals surface area contributed by atoms with Crippen LogP contribution in [0.15, 0.2) is 40.2 Å². The normalized spacial score (nSPS) is 14.0. The van der Waals surface area contributed by atoms with Crippen LogP contribution in [0, 0.1) is 13.8 Å². The monoisotopic (exact) mass is 437 g/mol. The van der Waals surface area contributed by atoms with Crippen molar-refractivity contribution in [3.8, 4) is 5.69 Å². The fourth-order valence-electron chi connectivity index (χ4n) is 3.95. The highest BCUT2D eigenvalue weighted by Gasteiger charge is 2.21. The van der Waals surface area contributed by atoms with E-state index in [1.54, 1.807) is 29.2 Å². The Morgan fingerprint density at radius 1 is 1.17 bits per heavy atom. The third kappa shape index (κ3) is 3.09. The Labute approximate surface area is 182 Å². The van der Waals surface area contributed by atoms with Crippen molar-refractivity contribution in [2.45, 2.75) is 39.5 Å². The minimum absolute atomic E-state index is 0.114. The van der Waals surface area contributed by atoms with Crippen molar-refractivity contribution < 1.29 is 0 Å². The molecule has 0 atom stereocenters. The van der Waals surface area contributed by atoms with Gasteiger partial charge < -0.3 is 0 Å². The van der Waals surface area contributed by atoms with Crippen LogP contribution in [0.4, 0.5) is 0 Å². The highest BCUT2D eigenvalue weighted by Crippen LogP contribution is 2.33. The molecule has 0 saturated carbocycles. The van der Waals surface area contributed by atoms with Crippen molar-refractivity contribution in [2.24, 2.45) is 5.10 Å². The van der Waals surface area contributed by atoms with Crippen LogP contribution >= 0.6 is 22.9 Å². The van der Waals surface area contributed by atoms with Gasteiger partial charge in [-0.3, -0.25) is 4.79 Å². The van der Waals surface area contributed by atoms with Gasteiger partial charge in [0.1, 0.15) is 15.8 Å². The standard InChI is InChI=1S/C22H20ClN5OS/c1-13-17(20(23)28(26-13)15-8-4-3-5-9-15)12-24-27-14(2)25-21-19(22(27)29)16-10-6-7-11-18(16)30-21/h3-5,8-9,12H,6-7,10-11H2,1-2H3/b24-12+. The summed E-state index contributed by atoms with van der Waals surface area (Å²) in [7, 11) is 0. The fraction of sp³-hybridized carbons (Fsp3) is 0.273. The first-order chi connectivity index (χ1) is 14.5. The van der Waals surface area contributed by atoms with E-state index in [4.69, 9.17) is 11.6 Å². The molecule has 1 aromatic carbocycles. The molecule has 152 valence electrons. The molecule has 0 bridgehead atoms. The van der Waals surface area contributed by atoms with Gasteiger partial charge in [0.05, 0.1) is 28.5 Å². The van der Waals surface area contributed by atoms with Crippen molar-refractivity contribution in [1.82, 2.24) is 19.4 Å². The number of nitrogens with zero attached hydrogens (tertiary/aromatic N) is 5. The van der Waals surface area contributed by atoms with E-state index in [0.717, 1.165) is 46.4 Å². The average Bonchev–Trinajstić information content (AvgIpc) is 3.25. The molecule has 5 rings (SSSR count). The van der Waals surface area contributed by atoms with Gasteiger partial charge >= 0.3 is 0 Å². The summed E-state index contributed by atoms with van der Waals surface area (Å²) in [4.78, 5) is 20.0. The number of aromatic nitrogens is 4. The molecular formula is C22H20ClN5OS. The lowest BCUT2D eigenvalue weighted by Gasteiger charge is -2.10. The van der Waals surface area contributed by atoms with Crippen molar-refractivity contribution in [1.29, 1.82) is 0 Å². The molecule has 0 spiro atoms. The number of hydrogen-bond donors (Lipinski definition) is 0. The van der Waals surface area contributed by atoms with Gasteiger partial charge in [-0.2, -0.15) is 14.9 Å². The highest BCUT2D eigenvalue weighted by atomic mass is 35.5. The number of hydrogen-bond acceptors (Lipinski definition) is 5. The van der Waals surface area contributed by atoms with E-state index < -0.39 is 0 Å². The van der Waals surface area contributed by atoms with Gasteiger partial charge in [-0.25, -0.2) is 9.67 Å². The zero-order valence-corrected chi connectivity index (χ0v) is 18.3. The second-order valence-corrected chi connectivity index (χ2v) is 8.89. The highest BCUT2D eigenvalue weighted by molar-refractivity contribution is 7.18. The molecule has 3 aromatic heterocycles. The van der Waals surface area contributed by atoms with E-state index in [0.29, 0.717) is 16.5 Å². The first-order valence-electron chi connectivity index (χ1n) is 9.93. The molecule has 30 heavy (non-hydrogen) atoms. The van der Waals surface area contributed by atoms with Gasteiger partial charge in [0.15, 0.2) is 0 Å². The number of benzene rings is 1. The van der Waals surface area contributed by atoms with Crippen LogP contribution in [0.5, 0.6) is 0 Å². The SMILES string of the molecule is Cc1nn(-c2ccccc2)c(Cl)c1/C=N/n1c(C)nc2sc3c(c2c1=O)CCCC3. The summed E-state index contributed by atoms with van der Waals surface area (Å²) < 4.78 is 3.05. The van der Waals surface area contributed by atoms with E-state index in [1.807, 2.05) is 37.3 Å². The Morgan fingerprint density at radius 3 is 2.73 bits per heavy atom. The van der Waals surface area contributed by atoms with Gasteiger partial charge in [0.25, 0.3) is 5.56 Å². The summed E-state index contributed by atoms with van der Waals surface area (Å²) in [5.74, 6) is 0.562. The Kier molecular flexibility index (Phi) is 4.79. The summed E-state index contributed by atoms with van der Waals surface area (Å²) >= 11 is 8.24. The molecule has 3 heterocycles. The van der Waals surface area contributed by atoms with Crippen LogP contribution < -0.4 is 5.56 Å². The van der Waals surface area contributed by atoms with Crippen LogP contribution in [0.3, 0.4) is 0 Å². The number of thiophene rings is 1. The molecule has 8 heteroatoms. The molecule has 0 amide bonds. The van der Waals surface area contributed by atoms with E-state index in [1.165, 1.54) is 16.0 Å². The number of fused-ring (bicyclic) bond motifs is 3. The Hall–Kier alpha value is -2.77. The van der Waals surface area contributed by atoms with Crippen molar-refractivity contribution in [2.75, 3.05) is 0 Å². The van der Waals surface area contributed by atoms with E-state index in [2.05, 4.69) is 15.2 Å². The molecule has 6 nitrogen and oxygen atoms in total. The summed E-state index contributed by atoms with van der Waals surface area (Å²) in [5, 5.41) is 10.2. The largest absolute Gasteiger partial charge is 0.283 e. The number of aryl methyl sites for hydroxylation is 4. The molecule has 0 unspecified atom stereocenters. The molecule has 0 radical (unpaired) electrons. The van der Waals surface area contributed by atoms with Gasteiger partial charge in [-0.15, -0.1) is 11.3 Å². The zero-order valence-electron chi connectivity index (χ0n) is 16.7. The maximum Gasteiger partial charge on any atom is 0.283 e. The summed E-state index contributed by atoms with van der Waals surface area (Å²) in [6.45, 7) is 3.68. The molecule has 0 N–H and O–H groups in total. The van der Waals surface area contributed by atoms with E-state index >= 15 is 0 Å². The minimum Gasteiger partial charge on any atom is -0.267 e. The second-order valence-electron chi connectivity index (χ2n) is 7.45. The van der Waals surface area contributed by atoms with Crippen LogP contribution in [-0.2, 0) is 12.8 Å². The van der Waals surface area contributed by atoms with Gasteiger partial charge in [0.2, 0.25) is 0 Å². The summed E-state index contributed by atoms with van der Waals surface area (Å²) in [5.41, 5.74) is 3.33. The van der Waals surface area contributed by atoms with Crippen LogP contribution in [0.1, 0.15) is 40.4 Å². The van der Waals surface area contributed by atoms with Gasteiger partial charge in [-0.05, 0) is 57.2 Å². The summed E-state index contributed by atoms with van der Waals surface area (Å²) in [6, 6.07) is 9.68. The first kappa shape index (κ1) is 19.2. The van der Waals surface area contributed by atoms with Crippen molar-refractivity contribution >= 4 is 39.4 Å².